The molecule has 0 bridgehead atoms. The van der Waals surface area contributed by atoms with Gasteiger partial charge in [-0.05, 0) is 75.8 Å². The van der Waals surface area contributed by atoms with E-state index in [1.165, 1.54) is 18.2 Å². The zero-order valence-corrected chi connectivity index (χ0v) is 18.2. The van der Waals surface area contributed by atoms with Crippen LogP contribution in [0.25, 0.3) is 6.08 Å². The number of aliphatic carboxylic acids is 1. The van der Waals surface area contributed by atoms with Crippen LogP contribution >= 0.6 is 34.4 Å². The lowest BCUT2D eigenvalue weighted by Crippen LogP contribution is -2.33. The molecule has 0 atom stereocenters. The molecular formula is C20H14INO7S. The molecule has 0 unspecified atom stereocenters. The molecule has 1 saturated heterocycles. The van der Waals surface area contributed by atoms with Crippen LogP contribution in [-0.4, -0.2) is 44.7 Å². The Morgan fingerprint density at radius 3 is 2.40 bits per heavy atom. The molecule has 30 heavy (non-hydrogen) atoms. The monoisotopic (exact) mass is 539 g/mol. The number of benzene rings is 2. The number of rotatable bonds is 7. The van der Waals surface area contributed by atoms with Gasteiger partial charge in [-0.25, -0.2) is 4.79 Å². The van der Waals surface area contributed by atoms with Crippen molar-refractivity contribution in [1.82, 2.24) is 4.90 Å². The summed E-state index contributed by atoms with van der Waals surface area (Å²) in [5, 5.41) is 17.1. The number of carbonyl (C=O) groups is 4. The molecule has 10 heteroatoms. The lowest BCUT2D eigenvalue weighted by atomic mass is 10.1. The summed E-state index contributed by atoms with van der Waals surface area (Å²) >= 11 is 2.78. The molecular weight excluding hydrogens is 525 g/mol. The van der Waals surface area contributed by atoms with E-state index in [9.17, 15) is 19.2 Å². The summed E-state index contributed by atoms with van der Waals surface area (Å²) in [6.45, 7) is -0.414. The fourth-order valence-corrected chi connectivity index (χ4v) is 4.08. The van der Waals surface area contributed by atoms with Crippen LogP contribution in [0.1, 0.15) is 21.5 Å². The summed E-state index contributed by atoms with van der Waals surface area (Å²) < 4.78 is 6.54. The highest BCUT2D eigenvalue weighted by Gasteiger charge is 2.36. The highest BCUT2D eigenvalue weighted by molar-refractivity contribution is 14.1. The maximum atomic E-state index is 12.2. The summed E-state index contributed by atoms with van der Waals surface area (Å²) in [4.78, 5) is 46.6. The average Bonchev–Trinajstić information content (AvgIpc) is 2.94. The van der Waals surface area contributed by atoms with Crippen molar-refractivity contribution in [3.8, 4) is 5.75 Å². The summed E-state index contributed by atoms with van der Waals surface area (Å²) in [5.74, 6) is -2.28. The van der Waals surface area contributed by atoms with Gasteiger partial charge in [0.2, 0.25) is 0 Å². The topological polar surface area (TPSA) is 121 Å². The Hall–Kier alpha value is -2.86. The molecule has 1 fully saturated rings. The predicted octanol–water partition coefficient (Wildman–Crippen LogP) is 3.69. The maximum Gasteiger partial charge on any atom is 0.335 e. The number of nitrogens with zero attached hydrogens (tertiary/aromatic N) is 1. The molecule has 0 radical (unpaired) electrons. The van der Waals surface area contributed by atoms with Crippen LogP contribution in [0.4, 0.5) is 4.79 Å². The Labute approximate surface area is 188 Å². The molecule has 0 aliphatic carbocycles. The number of carboxylic acid groups (broad SMARTS) is 2. The summed E-state index contributed by atoms with van der Waals surface area (Å²) in [6.07, 6.45) is 1.53. The molecule has 0 saturated carbocycles. The minimum atomic E-state index is -1.26. The van der Waals surface area contributed by atoms with E-state index < -0.39 is 29.6 Å². The SMILES string of the molecule is O=C(O)CN1C(=O)S/C(=C/c2ccc(OCc3ccc(C(=O)O)cc3)c(I)c2)C1=O. The number of hydrogen-bond donors (Lipinski definition) is 2. The number of thioether (sulfide) groups is 1. The first-order valence-electron chi connectivity index (χ1n) is 8.46. The summed E-state index contributed by atoms with van der Waals surface area (Å²) in [5.41, 5.74) is 1.68. The Kier molecular flexibility index (Phi) is 6.77. The van der Waals surface area contributed by atoms with E-state index in [0.717, 1.165) is 9.13 Å². The van der Waals surface area contributed by atoms with E-state index in [1.54, 1.807) is 30.3 Å². The van der Waals surface area contributed by atoms with E-state index in [4.69, 9.17) is 14.9 Å². The first kappa shape index (κ1) is 21.8. The van der Waals surface area contributed by atoms with Gasteiger partial charge in [0.15, 0.2) is 0 Å². The smallest absolute Gasteiger partial charge is 0.335 e. The van der Waals surface area contributed by atoms with E-state index >= 15 is 0 Å². The van der Waals surface area contributed by atoms with Gasteiger partial charge in [-0.1, -0.05) is 18.2 Å². The van der Waals surface area contributed by atoms with Crippen LogP contribution in [0.5, 0.6) is 5.75 Å². The van der Waals surface area contributed by atoms with Crippen molar-refractivity contribution in [2.24, 2.45) is 0 Å². The van der Waals surface area contributed by atoms with Gasteiger partial charge < -0.3 is 14.9 Å². The molecule has 1 aliphatic rings. The van der Waals surface area contributed by atoms with E-state index in [1.807, 2.05) is 0 Å². The third-order valence-electron chi connectivity index (χ3n) is 4.02. The van der Waals surface area contributed by atoms with Crippen molar-refractivity contribution in [3.63, 3.8) is 0 Å². The van der Waals surface area contributed by atoms with Crippen LogP contribution in [0, 0.1) is 3.57 Å². The molecule has 0 aromatic heterocycles. The molecule has 8 nitrogen and oxygen atoms in total. The molecule has 2 aromatic carbocycles. The Morgan fingerprint density at radius 2 is 1.80 bits per heavy atom. The third-order valence-corrected chi connectivity index (χ3v) is 5.77. The van der Waals surface area contributed by atoms with Gasteiger partial charge in [0.1, 0.15) is 18.9 Å². The Morgan fingerprint density at radius 1 is 1.10 bits per heavy atom. The normalized spacial score (nSPS) is 15.0. The van der Waals surface area contributed by atoms with Crippen molar-refractivity contribution in [1.29, 1.82) is 0 Å². The summed E-state index contributed by atoms with van der Waals surface area (Å²) in [6, 6.07) is 11.6. The van der Waals surface area contributed by atoms with Crippen molar-refractivity contribution in [3.05, 3.63) is 67.6 Å². The maximum absolute atomic E-state index is 12.2. The van der Waals surface area contributed by atoms with Crippen LogP contribution in [0.2, 0.25) is 0 Å². The third kappa shape index (κ3) is 5.19. The first-order valence-corrected chi connectivity index (χ1v) is 10.4. The lowest BCUT2D eigenvalue weighted by molar-refractivity contribution is -0.140. The quantitative estimate of drug-likeness (QED) is 0.404. The number of hydrogen-bond acceptors (Lipinski definition) is 6. The molecule has 3 rings (SSSR count). The zero-order chi connectivity index (χ0) is 21.8. The number of aromatic carboxylic acids is 1. The largest absolute Gasteiger partial charge is 0.488 e. The van der Waals surface area contributed by atoms with Gasteiger partial charge in [0.25, 0.3) is 11.1 Å². The highest BCUT2D eigenvalue weighted by atomic mass is 127. The van der Waals surface area contributed by atoms with E-state index in [2.05, 4.69) is 22.6 Å². The molecule has 2 N–H and O–H groups in total. The van der Waals surface area contributed by atoms with Gasteiger partial charge in [0.05, 0.1) is 14.0 Å². The molecule has 1 aliphatic heterocycles. The minimum Gasteiger partial charge on any atom is -0.488 e. The second-order valence-corrected chi connectivity index (χ2v) is 8.30. The predicted molar refractivity (Wildman–Crippen MR) is 117 cm³/mol. The molecule has 2 aromatic rings. The second kappa shape index (κ2) is 9.30. The average molecular weight is 539 g/mol. The number of carboxylic acids is 2. The van der Waals surface area contributed by atoms with Crippen molar-refractivity contribution in [2.45, 2.75) is 6.61 Å². The fourth-order valence-electron chi connectivity index (χ4n) is 2.55. The zero-order valence-electron chi connectivity index (χ0n) is 15.2. The van der Waals surface area contributed by atoms with Gasteiger partial charge >= 0.3 is 11.9 Å². The van der Waals surface area contributed by atoms with E-state index in [0.29, 0.717) is 28.0 Å². The number of ether oxygens (including phenoxy) is 1. The first-order chi connectivity index (χ1) is 14.2. The van der Waals surface area contributed by atoms with Crippen molar-refractivity contribution >= 4 is 63.5 Å². The number of imide groups is 1. The molecule has 1 heterocycles. The summed E-state index contributed by atoms with van der Waals surface area (Å²) in [7, 11) is 0. The van der Waals surface area contributed by atoms with Gasteiger partial charge in [-0.2, -0.15) is 0 Å². The number of carbonyl (C=O) groups excluding carboxylic acids is 2. The molecule has 154 valence electrons. The molecule has 2 amide bonds. The van der Waals surface area contributed by atoms with Crippen LogP contribution in [0.15, 0.2) is 47.4 Å². The molecule has 0 spiro atoms. The van der Waals surface area contributed by atoms with Crippen molar-refractivity contribution < 1.29 is 34.1 Å². The van der Waals surface area contributed by atoms with Crippen LogP contribution in [0.3, 0.4) is 0 Å². The Bertz CT molecular complexity index is 1070. The minimum absolute atomic E-state index is 0.157. The van der Waals surface area contributed by atoms with E-state index in [-0.39, 0.29) is 17.1 Å². The second-order valence-electron chi connectivity index (χ2n) is 6.14. The van der Waals surface area contributed by atoms with Crippen molar-refractivity contribution in [2.75, 3.05) is 6.54 Å². The fraction of sp³-hybridized carbons (Fsp3) is 0.100. The number of halogens is 1. The number of amides is 2. The Balaban J connectivity index is 1.68. The standard InChI is InChI=1S/C20H14INO7S/c21-14-7-12(8-16-18(25)22(9-17(23)24)20(28)30-16)3-6-15(14)29-10-11-1-4-13(5-2-11)19(26)27/h1-8H,9-10H2,(H,23,24)(H,26,27)/b16-8+. The van der Waals surface area contributed by atoms with Gasteiger partial charge in [-0.15, -0.1) is 0 Å². The van der Waals surface area contributed by atoms with Crippen LogP contribution < -0.4 is 4.74 Å². The van der Waals surface area contributed by atoms with Gasteiger partial charge in [-0.3, -0.25) is 19.3 Å². The highest BCUT2D eigenvalue weighted by Crippen LogP contribution is 2.33. The van der Waals surface area contributed by atoms with Gasteiger partial charge in [0, 0.05) is 0 Å². The van der Waals surface area contributed by atoms with Crippen LogP contribution in [-0.2, 0) is 16.2 Å². The lowest BCUT2D eigenvalue weighted by Gasteiger charge is -2.10.